The Hall–Kier alpha value is -1.37. The van der Waals surface area contributed by atoms with E-state index in [0.29, 0.717) is 6.04 Å². The first kappa shape index (κ1) is 17.7. The van der Waals surface area contributed by atoms with Crippen LogP contribution in [0, 0.1) is 11.3 Å². The quantitative estimate of drug-likeness (QED) is 0.755. The lowest BCUT2D eigenvalue weighted by atomic mass is 9.87. The molecule has 0 saturated carbocycles. The molecule has 0 amide bonds. The monoisotopic (exact) mass is 287 g/mol. The summed E-state index contributed by atoms with van der Waals surface area (Å²) in [5, 5.41) is 13.2. The maximum atomic E-state index is 9.78. The van der Waals surface area contributed by atoms with E-state index in [1.54, 1.807) is 0 Å². The molecule has 0 aliphatic carbocycles. The molecule has 2 atom stereocenters. The van der Waals surface area contributed by atoms with E-state index >= 15 is 0 Å². The van der Waals surface area contributed by atoms with E-state index in [9.17, 15) is 5.26 Å². The molecule has 2 unspecified atom stereocenters. The Kier molecular flexibility index (Phi) is 7.42. The van der Waals surface area contributed by atoms with Crippen LogP contribution in [0.5, 0.6) is 0 Å². The van der Waals surface area contributed by atoms with Gasteiger partial charge in [-0.05, 0) is 38.9 Å². The molecule has 3 nitrogen and oxygen atoms in total. The fourth-order valence-corrected chi connectivity index (χ4v) is 2.72. The van der Waals surface area contributed by atoms with Crippen molar-refractivity contribution >= 4 is 0 Å². The van der Waals surface area contributed by atoms with Crippen LogP contribution in [0.15, 0.2) is 30.3 Å². The molecule has 1 aromatic carbocycles. The second kappa shape index (κ2) is 8.81. The molecule has 0 aromatic heterocycles. The van der Waals surface area contributed by atoms with E-state index in [0.717, 1.165) is 25.1 Å². The van der Waals surface area contributed by atoms with Gasteiger partial charge in [0, 0.05) is 12.6 Å². The largest absolute Gasteiger partial charge is 0.304 e. The molecule has 21 heavy (non-hydrogen) atoms. The number of hydrogen-bond acceptors (Lipinski definition) is 3. The summed E-state index contributed by atoms with van der Waals surface area (Å²) in [6.07, 6.45) is 3.19. The van der Waals surface area contributed by atoms with Crippen molar-refractivity contribution in [2.45, 2.75) is 51.6 Å². The Balaban J connectivity index is 2.83. The van der Waals surface area contributed by atoms with Gasteiger partial charge in [0.25, 0.3) is 0 Å². The molecule has 1 N–H and O–H groups in total. The molecule has 0 radical (unpaired) electrons. The average Bonchev–Trinajstić information content (AvgIpc) is 2.52. The third kappa shape index (κ3) is 4.84. The molecule has 0 saturated heterocycles. The summed E-state index contributed by atoms with van der Waals surface area (Å²) >= 11 is 0. The Morgan fingerprint density at radius 1 is 1.29 bits per heavy atom. The number of rotatable bonds is 9. The van der Waals surface area contributed by atoms with Gasteiger partial charge >= 0.3 is 0 Å². The maximum Gasteiger partial charge on any atom is 0.133 e. The van der Waals surface area contributed by atoms with Gasteiger partial charge in [-0.15, -0.1) is 0 Å². The lowest BCUT2D eigenvalue weighted by molar-refractivity contribution is 0.219. The fraction of sp³-hybridized carbons (Fsp3) is 0.611. The van der Waals surface area contributed by atoms with Crippen LogP contribution >= 0.6 is 0 Å². The van der Waals surface area contributed by atoms with Gasteiger partial charge in [0.05, 0.1) is 6.07 Å². The average molecular weight is 287 g/mol. The van der Waals surface area contributed by atoms with Crippen LogP contribution in [-0.4, -0.2) is 31.1 Å². The minimum absolute atomic E-state index is 0.559. The molecule has 116 valence electrons. The van der Waals surface area contributed by atoms with E-state index in [2.05, 4.69) is 44.1 Å². The first-order valence-corrected chi connectivity index (χ1v) is 8.01. The zero-order chi connectivity index (χ0) is 15.7. The molecule has 1 aromatic rings. The summed E-state index contributed by atoms with van der Waals surface area (Å²) < 4.78 is 0. The Morgan fingerprint density at radius 2 is 1.95 bits per heavy atom. The normalized spacial score (nSPS) is 15.4. The smallest absolute Gasteiger partial charge is 0.133 e. The minimum Gasteiger partial charge on any atom is -0.304 e. The summed E-state index contributed by atoms with van der Waals surface area (Å²) in [6, 6.07) is 13.2. The zero-order valence-electron chi connectivity index (χ0n) is 13.9. The van der Waals surface area contributed by atoms with Gasteiger partial charge in [0.1, 0.15) is 5.54 Å². The van der Waals surface area contributed by atoms with E-state index in [1.807, 2.05) is 30.3 Å². The van der Waals surface area contributed by atoms with Crippen LogP contribution in [0.25, 0.3) is 0 Å². The van der Waals surface area contributed by atoms with Crippen LogP contribution < -0.4 is 5.32 Å². The number of nitriles is 1. The Morgan fingerprint density at radius 3 is 2.48 bits per heavy atom. The van der Waals surface area contributed by atoms with Crippen molar-refractivity contribution in [3.05, 3.63) is 35.9 Å². The first-order valence-electron chi connectivity index (χ1n) is 8.01. The second-order valence-electron chi connectivity index (χ2n) is 5.78. The predicted molar refractivity (Wildman–Crippen MR) is 89.0 cm³/mol. The molecule has 3 heteroatoms. The van der Waals surface area contributed by atoms with Crippen LogP contribution in [0.3, 0.4) is 0 Å². The molecule has 0 aliphatic heterocycles. The van der Waals surface area contributed by atoms with Gasteiger partial charge in [0.15, 0.2) is 0 Å². The summed E-state index contributed by atoms with van der Waals surface area (Å²) in [4.78, 5) is 2.36. The third-order valence-corrected chi connectivity index (χ3v) is 4.23. The SMILES string of the molecule is CCCC(C)N(C)CCC(C#N)(NCC)c1ccccc1. The van der Waals surface area contributed by atoms with Crippen LogP contribution in [-0.2, 0) is 5.54 Å². The van der Waals surface area contributed by atoms with E-state index in [4.69, 9.17) is 0 Å². The van der Waals surface area contributed by atoms with Crippen molar-refractivity contribution < 1.29 is 0 Å². The summed E-state index contributed by atoms with van der Waals surface area (Å²) in [5.74, 6) is 0. The number of nitrogens with one attached hydrogen (secondary N) is 1. The van der Waals surface area contributed by atoms with Gasteiger partial charge in [0.2, 0.25) is 0 Å². The van der Waals surface area contributed by atoms with Crippen molar-refractivity contribution in [2.75, 3.05) is 20.1 Å². The van der Waals surface area contributed by atoms with Crippen molar-refractivity contribution in [3.63, 3.8) is 0 Å². The first-order chi connectivity index (χ1) is 10.1. The Bertz CT molecular complexity index is 438. The molecule has 1 rings (SSSR count). The minimum atomic E-state index is -0.587. The zero-order valence-corrected chi connectivity index (χ0v) is 13.9. The molecule has 0 aliphatic rings. The van der Waals surface area contributed by atoms with Crippen molar-refractivity contribution in [3.8, 4) is 6.07 Å². The summed E-state index contributed by atoms with van der Waals surface area (Å²) in [7, 11) is 2.15. The third-order valence-electron chi connectivity index (χ3n) is 4.23. The van der Waals surface area contributed by atoms with Crippen molar-refractivity contribution in [1.29, 1.82) is 5.26 Å². The molecular weight excluding hydrogens is 258 g/mol. The van der Waals surface area contributed by atoms with Gasteiger partial charge in [-0.2, -0.15) is 5.26 Å². The lowest BCUT2D eigenvalue weighted by Gasteiger charge is -2.32. The molecular formula is C18H29N3. The highest BCUT2D eigenvalue weighted by atomic mass is 15.1. The summed E-state index contributed by atoms with van der Waals surface area (Å²) in [6.45, 7) is 8.23. The Labute approximate surface area is 130 Å². The van der Waals surface area contributed by atoms with Crippen LogP contribution in [0.1, 0.15) is 45.6 Å². The van der Waals surface area contributed by atoms with Gasteiger partial charge in [-0.25, -0.2) is 0 Å². The maximum absolute atomic E-state index is 9.78. The standard InChI is InChI=1S/C18H29N3/c1-5-10-16(3)21(4)14-13-18(15-19,20-6-2)17-11-8-7-9-12-17/h7-9,11-12,16,20H,5-6,10,13-14H2,1-4H3. The molecule has 0 heterocycles. The second-order valence-corrected chi connectivity index (χ2v) is 5.78. The van der Waals surface area contributed by atoms with E-state index < -0.39 is 5.54 Å². The van der Waals surface area contributed by atoms with Crippen molar-refractivity contribution in [2.24, 2.45) is 0 Å². The highest BCUT2D eigenvalue weighted by molar-refractivity contribution is 5.31. The molecule has 0 spiro atoms. The highest BCUT2D eigenvalue weighted by Crippen LogP contribution is 2.25. The van der Waals surface area contributed by atoms with Crippen LogP contribution in [0.2, 0.25) is 0 Å². The topological polar surface area (TPSA) is 39.1 Å². The van der Waals surface area contributed by atoms with E-state index in [-0.39, 0.29) is 0 Å². The molecule has 0 bridgehead atoms. The highest BCUT2D eigenvalue weighted by Gasteiger charge is 2.31. The fourth-order valence-electron chi connectivity index (χ4n) is 2.72. The van der Waals surface area contributed by atoms with Gasteiger partial charge in [-0.1, -0.05) is 50.6 Å². The van der Waals surface area contributed by atoms with Crippen LogP contribution in [0.4, 0.5) is 0 Å². The van der Waals surface area contributed by atoms with E-state index in [1.165, 1.54) is 12.8 Å². The lowest BCUT2D eigenvalue weighted by Crippen LogP contribution is -2.44. The van der Waals surface area contributed by atoms with Crippen molar-refractivity contribution in [1.82, 2.24) is 10.2 Å². The number of nitrogens with zero attached hydrogens (tertiary/aromatic N) is 2. The number of hydrogen-bond donors (Lipinski definition) is 1. The number of benzene rings is 1. The van der Waals surface area contributed by atoms with Gasteiger partial charge < -0.3 is 4.90 Å². The molecule has 0 fully saturated rings. The van der Waals surface area contributed by atoms with Gasteiger partial charge in [-0.3, -0.25) is 5.32 Å². The predicted octanol–water partition coefficient (Wildman–Crippen LogP) is 3.53. The summed E-state index contributed by atoms with van der Waals surface area (Å²) in [5.41, 5.74) is 0.474.